The van der Waals surface area contributed by atoms with Gasteiger partial charge in [0.15, 0.2) is 11.5 Å². The number of aryl methyl sites for hydroxylation is 2. The van der Waals surface area contributed by atoms with Crippen LogP contribution in [0.25, 0.3) is 22.7 Å². The third kappa shape index (κ3) is 4.52. The highest BCUT2D eigenvalue weighted by Crippen LogP contribution is 2.33. The molecular weight excluding hydrogens is 418 g/mol. The summed E-state index contributed by atoms with van der Waals surface area (Å²) in [4.78, 5) is 17.0. The number of oxazole rings is 1. The van der Waals surface area contributed by atoms with Crippen molar-refractivity contribution in [2.24, 2.45) is 0 Å². The molecular formula is C26H23N3O4. The second-order valence-electron chi connectivity index (χ2n) is 7.87. The molecule has 0 fully saturated rings. The second-order valence-corrected chi connectivity index (χ2v) is 7.87. The Balaban J connectivity index is 1.25. The van der Waals surface area contributed by atoms with Gasteiger partial charge in [0.2, 0.25) is 5.89 Å². The first-order valence-corrected chi connectivity index (χ1v) is 10.7. The zero-order chi connectivity index (χ0) is 22.8. The van der Waals surface area contributed by atoms with E-state index < -0.39 is 0 Å². The van der Waals surface area contributed by atoms with Crippen LogP contribution >= 0.6 is 0 Å². The molecule has 0 aliphatic carbocycles. The Morgan fingerprint density at radius 1 is 0.848 bits per heavy atom. The highest BCUT2D eigenvalue weighted by molar-refractivity contribution is 6.00. The van der Waals surface area contributed by atoms with Crippen LogP contribution in [0.15, 0.2) is 71.3 Å². The Labute approximate surface area is 191 Å². The molecule has 0 spiro atoms. The van der Waals surface area contributed by atoms with Crippen LogP contribution in [0.2, 0.25) is 0 Å². The zero-order valence-electron chi connectivity index (χ0n) is 18.3. The maximum atomic E-state index is 12.4. The molecule has 0 saturated heterocycles. The molecule has 1 aliphatic heterocycles. The van der Waals surface area contributed by atoms with Gasteiger partial charge in [-0.15, -0.1) is 0 Å². The number of hydrogen-bond acceptors (Lipinski definition) is 5. The highest BCUT2D eigenvalue weighted by atomic mass is 16.6. The monoisotopic (exact) mass is 441 g/mol. The molecule has 2 heterocycles. The Morgan fingerprint density at radius 3 is 2.39 bits per heavy atom. The third-order valence-electron chi connectivity index (χ3n) is 5.36. The molecule has 0 atom stereocenters. The molecule has 0 bridgehead atoms. The minimum Gasteiger partial charge on any atom is -0.486 e. The minimum absolute atomic E-state index is 0.354. The van der Waals surface area contributed by atoms with E-state index in [4.69, 9.17) is 13.9 Å². The first-order chi connectivity index (χ1) is 16.0. The van der Waals surface area contributed by atoms with Crippen molar-refractivity contribution in [3.8, 4) is 34.2 Å². The van der Waals surface area contributed by atoms with Crippen molar-refractivity contribution in [1.82, 2.24) is 4.98 Å². The van der Waals surface area contributed by atoms with Gasteiger partial charge in [-0.05, 0) is 61.9 Å². The normalized spacial score (nSPS) is 12.3. The van der Waals surface area contributed by atoms with E-state index in [1.807, 2.05) is 12.1 Å². The van der Waals surface area contributed by atoms with E-state index >= 15 is 0 Å². The maximum Gasteiger partial charge on any atom is 0.323 e. The van der Waals surface area contributed by atoms with Gasteiger partial charge in [-0.1, -0.05) is 17.7 Å². The predicted molar refractivity (Wildman–Crippen MR) is 127 cm³/mol. The number of nitrogens with zero attached hydrogens (tertiary/aromatic N) is 1. The molecule has 5 rings (SSSR count). The highest BCUT2D eigenvalue weighted by Gasteiger charge is 2.14. The molecule has 7 nitrogen and oxygen atoms in total. The summed E-state index contributed by atoms with van der Waals surface area (Å²) in [5, 5.41) is 5.62. The van der Waals surface area contributed by atoms with Crippen molar-refractivity contribution >= 4 is 17.4 Å². The standard InChI is InChI=1S/C26H23N3O4/c1-16-3-4-17(2)21(13-16)22-15-33-25(29-22)18-5-7-19(8-6-18)27-26(30)28-20-9-10-23-24(14-20)32-12-11-31-23/h3-10,13-15H,11-12H2,1-2H3,(H2,27,28,30). The predicted octanol–water partition coefficient (Wildman–Crippen LogP) is 6.04. The molecule has 0 unspecified atom stereocenters. The van der Waals surface area contributed by atoms with Crippen LogP contribution in [-0.2, 0) is 0 Å². The summed E-state index contributed by atoms with van der Waals surface area (Å²) < 4.78 is 16.8. The summed E-state index contributed by atoms with van der Waals surface area (Å²) >= 11 is 0. The number of anilines is 2. The Morgan fingerprint density at radius 2 is 1.58 bits per heavy atom. The van der Waals surface area contributed by atoms with Gasteiger partial charge in [-0.25, -0.2) is 9.78 Å². The van der Waals surface area contributed by atoms with Crippen LogP contribution in [0.3, 0.4) is 0 Å². The average Bonchev–Trinajstić information content (AvgIpc) is 3.31. The number of nitrogens with one attached hydrogen (secondary N) is 2. The van der Waals surface area contributed by atoms with Gasteiger partial charge >= 0.3 is 6.03 Å². The van der Waals surface area contributed by atoms with Crippen molar-refractivity contribution in [3.63, 3.8) is 0 Å². The first-order valence-electron chi connectivity index (χ1n) is 10.7. The lowest BCUT2D eigenvalue weighted by Gasteiger charge is -2.19. The molecule has 4 aromatic rings. The maximum absolute atomic E-state index is 12.4. The lowest BCUT2D eigenvalue weighted by atomic mass is 10.0. The van der Waals surface area contributed by atoms with Crippen molar-refractivity contribution < 1.29 is 18.7 Å². The summed E-state index contributed by atoms with van der Waals surface area (Å²) in [6.07, 6.45) is 1.67. The van der Waals surface area contributed by atoms with E-state index in [2.05, 4.69) is 47.7 Å². The van der Waals surface area contributed by atoms with E-state index in [-0.39, 0.29) is 6.03 Å². The van der Waals surface area contributed by atoms with Crippen LogP contribution in [-0.4, -0.2) is 24.2 Å². The smallest absolute Gasteiger partial charge is 0.323 e. The zero-order valence-corrected chi connectivity index (χ0v) is 18.3. The van der Waals surface area contributed by atoms with Gasteiger partial charge in [0, 0.05) is 28.6 Å². The summed E-state index contributed by atoms with van der Waals surface area (Å²) in [6, 6.07) is 18.5. The number of benzene rings is 3. The topological polar surface area (TPSA) is 85.6 Å². The molecule has 1 aromatic heterocycles. The first kappa shape index (κ1) is 20.6. The fraction of sp³-hybridized carbons (Fsp3) is 0.154. The molecule has 0 saturated carbocycles. The molecule has 7 heteroatoms. The summed E-state index contributed by atoms with van der Waals surface area (Å²) in [5.74, 6) is 1.82. The SMILES string of the molecule is Cc1ccc(C)c(-c2coc(-c3ccc(NC(=O)Nc4ccc5c(c4)OCCO5)cc3)n2)c1. The Hall–Kier alpha value is -4.26. The number of carbonyl (C=O) groups excluding carboxylic acids is 1. The lowest BCUT2D eigenvalue weighted by molar-refractivity contribution is 0.171. The van der Waals surface area contributed by atoms with Gasteiger partial charge < -0.3 is 24.5 Å². The van der Waals surface area contributed by atoms with Crippen LogP contribution in [0.5, 0.6) is 11.5 Å². The Kier molecular flexibility index (Phi) is 5.44. The molecule has 166 valence electrons. The number of carbonyl (C=O) groups is 1. The quantitative estimate of drug-likeness (QED) is 0.403. The average molecular weight is 441 g/mol. The van der Waals surface area contributed by atoms with Crippen molar-refractivity contribution in [3.05, 3.63) is 78.1 Å². The Bertz CT molecular complexity index is 1310. The van der Waals surface area contributed by atoms with Gasteiger partial charge in [0.25, 0.3) is 0 Å². The van der Waals surface area contributed by atoms with E-state index in [9.17, 15) is 4.79 Å². The lowest BCUT2D eigenvalue weighted by Crippen LogP contribution is -2.20. The fourth-order valence-corrected chi connectivity index (χ4v) is 3.65. The van der Waals surface area contributed by atoms with Crippen LogP contribution in [0, 0.1) is 13.8 Å². The number of aromatic nitrogens is 1. The minimum atomic E-state index is -0.354. The van der Waals surface area contributed by atoms with E-state index in [1.165, 1.54) is 5.56 Å². The molecule has 2 amide bonds. The van der Waals surface area contributed by atoms with Crippen molar-refractivity contribution in [2.75, 3.05) is 23.8 Å². The van der Waals surface area contributed by atoms with Crippen molar-refractivity contribution in [1.29, 1.82) is 0 Å². The van der Waals surface area contributed by atoms with Crippen LogP contribution < -0.4 is 20.1 Å². The number of rotatable bonds is 4. The molecule has 3 aromatic carbocycles. The van der Waals surface area contributed by atoms with E-state index in [0.717, 1.165) is 22.4 Å². The number of hydrogen-bond donors (Lipinski definition) is 2. The van der Waals surface area contributed by atoms with Crippen LogP contribution in [0.4, 0.5) is 16.2 Å². The van der Waals surface area contributed by atoms with Crippen LogP contribution in [0.1, 0.15) is 11.1 Å². The molecule has 33 heavy (non-hydrogen) atoms. The van der Waals surface area contributed by atoms with Gasteiger partial charge in [0.05, 0.1) is 0 Å². The van der Waals surface area contributed by atoms with E-state index in [1.54, 1.807) is 36.6 Å². The second kappa shape index (κ2) is 8.70. The summed E-state index contributed by atoms with van der Waals surface area (Å²) in [6.45, 7) is 5.13. The summed E-state index contributed by atoms with van der Waals surface area (Å²) in [7, 11) is 0. The largest absolute Gasteiger partial charge is 0.486 e. The van der Waals surface area contributed by atoms with Gasteiger partial charge in [-0.2, -0.15) is 0 Å². The fourth-order valence-electron chi connectivity index (χ4n) is 3.65. The number of urea groups is 1. The number of amides is 2. The number of fused-ring (bicyclic) bond motifs is 1. The number of ether oxygens (including phenoxy) is 2. The summed E-state index contributed by atoms with van der Waals surface area (Å²) in [5.41, 5.74) is 6.26. The third-order valence-corrected chi connectivity index (χ3v) is 5.36. The van der Waals surface area contributed by atoms with Gasteiger partial charge in [-0.3, -0.25) is 0 Å². The molecule has 0 radical (unpaired) electrons. The molecule has 1 aliphatic rings. The molecule has 2 N–H and O–H groups in total. The van der Waals surface area contributed by atoms with Crippen molar-refractivity contribution in [2.45, 2.75) is 13.8 Å². The van der Waals surface area contributed by atoms with E-state index in [0.29, 0.717) is 42.0 Å². The van der Waals surface area contributed by atoms with Gasteiger partial charge in [0.1, 0.15) is 25.2 Å².